The zero-order chi connectivity index (χ0) is 19.7. The van der Waals surface area contributed by atoms with Crippen molar-refractivity contribution in [3.63, 3.8) is 0 Å². The molecule has 27 heavy (non-hydrogen) atoms. The predicted octanol–water partition coefficient (Wildman–Crippen LogP) is 3.37. The Kier molecular flexibility index (Phi) is 4.87. The number of carbonyl (C=O) groups excluding carboxylic acids is 2. The molecule has 1 aromatic heterocycles. The minimum Gasteiger partial charge on any atom is -0.478 e. The van der Waals surface area contributed by atoms with E-state index in [1.165, 1.54) is 41.3 Å². The van der Waals surface area contributed by atoms with E-state index in [4.69, 9.17) is 11.6 Å². The van der Waals surface area contributed by atoms with Gasteiger partial charge in [0.2, 0.25) is 0 Å². The largest absolute Gasteiger partial charge is 0.478 e. The number of halogens is 2. The minimum atomic E-state index is -1.52. The molecular weight excluding hydrogens is 375 g/mol. The van der Waals surface area contributed by atoms with Crippen molar-refractivity contribution in [1.82, 2.24) is 9.78 Å². The molecule has 0 amide bonds. The summed E-state index contributed by atoms with van der Waals surface area (Å²) < 4.78 is 16.1. The van der Waals surface area contributed by atoms with Gasteiger partial charge in [0, 0.05) is 29.4 Å². The van der Waals surface area contributed by atoms with Crippen molar-refractivity contribution in [3.8, 4) is 0 Å². The third-order valence-corrected chi connectivity index (χ3v) is 4.14. The molecule has 0 spiro atoms. The van der Waals surface area contributed by atoms with E-state index < -0.39 is 34.5 Å². The van der Waals surface area contributed by atoms with Gasteiger partial charge in [0.05, 0.1) is 22.9 Å². The Bertz CT molecular complexity index is 1070. The number of carboxylic acid groups (broad SMARTS) is 1. The fourth-order valence-corrected chi connectivity index (χ4v) is 2.71. The molecule has 0 aliphatic rings. The molecule has 3 aromatic rings. The highest BCUT2D eigenvalue weighted by Crippen LogP contribution is 2.23. The number of hydrogen-bond acceptors (Lipinski definition) is 4. The number of carbonyl (C=O) groups is 3. The first-order chi connectivity index (χ1) is 12.8. The zero-order valence-corrected chi connectivity index (χ0v) is 14.7. The maximum Gasteiger partial charge on any atom is 0.336 e. The SMILES string of the molecule is Cn1cc(C(=O)c2cc(F)c(C(=O)c3ccc(Cl)cc3)c(C(=O)O)c2)cn1. The third-order valence-electron chi connectivity index (χ3n) is 3.88. The van der Waals surface area contributed by atoms with Crippen LogP contribution >= 0.6 is 11.6 Å². The number of nitrogens with zero attached hydrogens (tertiary/aromatic N) is 2. The topological polar surface area (TPSA) is 89.3 Å². The molecule has 0 aliphatic carbocycles. The van der Waals surface area contributed by atoms with Crippen LogP contribution in [0.25, 0.3) is 0 Å². The molecule has 2 aromatic carbocycles. The van der Waals surface area contributed by atoms with Gasteiger partial charge in [-0.2, -0.15) is 5.10 Å². The fraction of sp³-hybridized carbons (Fsp3) is 0.0526. The lowest BCUT2D eigenvalue weighted by Gasteiger charge is -2.09. The molecule has 0 unspecified atom stereocenters. The van der Waals surface area contributed by atoms with E-state index in [0.29, 0.717) is 5.02 Å². The first-order valence-electron chi connectivity index (χ1n) is 7.68. The molecule has 8 heteroatoms. The Labute approximate surface area is 157 Å². The molecule has 0 radical (unpaired) electrons. The van der Waals surface area contributed by atoms with E-state index in [9.17, 15) is 23.9 Å². The van der Waals surface area contributed by atoms with E-state index in [1.54, 1.807) is 7.05 Å². The number of benzene rings is 2. The van der Waals surface area contributed by atoms with Crippen molar-refractivity contribution in [3.05, 3.63) is 87.4 Å². The van der Waals surface area contributed by atoms with Gasteiger partial charge in [0.1, 0.15) is 5.82 Å². The monoisotopic (exact) mass is 386 g/mol. The maximum absolute atomic E-state index is 14.7. The quantitative estimate of drug-likeness (QED) is 0.679. The molecule has 136 valence electrons. The second kappa shape index (κ2) is 7.13. The van der Waals surface area contributed by atoms with Crippen molar-refractivity contribution in [1.29, 1.82) is 0 Å². The maximum atomic E-state index is 14.7. The Hall–Kier alpha value is -3.32. The average Bonchev–Trinajstić information content (AvgIpc) is 3.06. The number of carboxylic acids is 1. The smallest absolute Gasteiger partial charge is 0.336 e. The summed E-state index contributed by atoms with van der Waals surface area (Å²) in [6.07, 6.45) is 2.71. The summed E-state index contributed by atoms with van der Waals surface area (Å²) in [5.41, 5.74) is -1.16. The van der Waals surface area contributed by atoms with Crippen LogP contribution in [0.3, 0.4) is 0 Å². The summed E-state index contributed by atoms with van der Waals surface area (Å²) in [5.74, 6) is -4.04. The lowest BCUT2D eigenvalue weighted by molar-refractivity contribution is 0.0692. The van der Waals surface area contributed by atoms with Crippen LogP contribution in [-0.2, 0) is 7.05 Å². The van der Waals surface area contributed by atoms with Gasteiger partial charge in [-0.15, -0.1) is 0 Å². The van der Waals surface area contributed by atoms with E-state index in [1.807, 2.05) is 0 Å². The number of ketones is 2. The van der Waals surface area contributed by atoms with E-state index in [2.05, 4.69) is 5.10 Å². The summed E-state index contributed by atoms with van der Waals surface area (Å²) in [4.78, 5) is 36.7. The highest BCUT2D eigenvalue weighted by molar-refractivity contribution is 6.30. The summed E-state index contributed by atoms with van der Waals surface area (Å²) >= 11 is 5.77. The number of aromatic nitrogens is 2. The fourth-order valence-electron chi connectivity index (χ4n) is 2.59. The number of hydrogen-bond donors (Lipinski definition) is 1. The molecule has 0 bridgehead atoms. The van der Waals surface area contributed by atoms with E-state index >= 15 is 0 Å². The molecule has 3 rings (SSSR count). The van der Waals surface area contributed by atoms with Crippen LogP contribution in [0.4, 0.5) is 4.39 Å². The minimum absolute atomic E-state index is 0.0761. The van der Waals surface area contributed by atoms with Crippen LogP contribution in [0.5, 0.6) is 0 Å². The molecular formula is C19H12ClFN2O4. The van der Waals surface area contributed by atoms with Crippen LogP contribution in [0.2, 0.25) is 5.02 Å². The van der Waals surface area contributed by atoms with E-state index in [0.717, 1.165) is 12.1 Å². The lowest BCUT2D eigenvalue weighted by atomic mass is 9.94. The molecule has 6 nitrogen and oxygen atoms in total. The number of aryl methyl sites for hydroxylation is 1. The normalized spacial score (nSPS) is 10.6. The Morgan fingerprint density at radius 2 is 1.70 bits per heavy atom. The van der Waals surface area contributed by atoms with Crippen molar-refractivity contribution in [2.24, 2.45) is 7.05 Å². The zero-order valence-electron chi connectivity index (χ0n) is 13.9. The molecule has 1 N–H and O–H groups in total. The standard InChI is InChI=1S/C19H12ClFN2O4/c1-23-9-12(8-22-23)17(24)11-6-14(19(26)27)16(15(21)7-11)18(25)10-2-4-13(20)5-3-10/h2-9H,1H3,(H,26,27). The van der Waals surface area contributed by atoms with Crippen molar-refractivity contribution in [2.75, 3.05) is 0 Å². The third kappa shape index (κ3) is 3.63. The first kappa shape index (κ1) is 18.5. The summed E-state index contributed by atoms with van der Waals surface area (Å²) in [6, 6.07) is 7.45. The molecule has 1 heterocycles. The Morgan fingerprint density at radius 1 is 1.04 bits per heavy atom. The second-order valence-electron chi connectivity index (χ2n) is 5.75. The summed E-state index contributed by atoms with van der Waals surface area (Å²) in [5, 5.41) is 13.7. The van der Waals surface area contributed by atoms with E-state index in [-0.39, 0.29) is 16.7 Å². The van der Waals surface area contributed by atoms with Gasteiger partial charge in [0.15, 0.2) is 11.6 Å². The molecule has 0 aliphatic heterocycles. The highest BCUT2D eigenvalue weighted by Gasteiger charge is 2.25. The van der Waals surface area contributed by atoms with Gasteiger partial charge in [0.25, 0.3) is 0 Å². The van der Waals surface area contributed by atoms with Gasteiger partial charge in [-0.1, -0.05) is 11.6 Å². The Balaban J connectivity index is 2.10. The number of rotatable bonds is 5. The van der Waals surface area contributed by atoms with Crippen LogP contribution < -0.4 is 0 Å². The lowest BCUT2D eigenvalue weighted by Crippen LogP contribution is -2.15. The van der Waals surface area contributed by atoms with Crippen LogP contribution in [-0.4, -0.2) is 32.4 Å². The molecule has 0 atom stereocenters. The van der Waals surface area contributed by atoms with Gasteiger partial charge < -0.3 is 5.11 Å². The van der Waals surface area contributed by atoms with Gasteiger partial charge in [-0.3, -0.25) is 14.3 Å². The Morgan fingerprint density at radius 3 is 2.26 bits per heavy atom. The van der Waals surface area contributed by atoms with Crippen LogP contribution in [0.1, 0.15) is 42.2 Å². The van der Waals surface area contributed by atoms with Crippen LogP contribution in [0.15, 0.2) is 48.8 Å². The molecule has 0 saturated carbocycles. The summed E-state index contributed by atoms with van der Waals surface area (Å²) in [6.45, 7) is 0. The van der Waals surface area contributed by atoms with Gasteiger partial charge in [-0.25, -0.2) is 9.18 Å². The van der Waals surface area contributed by atoms with Gasteiger partial charge in [-0.05, 0) is 36.4 Å². The van der Waals surface area contributed by atoms with Crippen molar-refractivity contribution < 1.29 is 23.9 Å². The molecule has 0 saturated heterocycles. The average molecular weight is 387 g/mol. The first-order valence-corrected chi connectivity index (χ1v) is 8.06. The van der Waals surface area contributed by atoms with Gasteiger partial charge >= 0.3 is 5.97 Å². The predicted molar refractivity (Wildman–Crippen MR) is 94.9 cm³/mol. The number of aromatic carboxylic acids is 1. The summed E-state index contributed by atoms with van der Waals surface area (Å²) in [7, 11) is 1.61. The van der Waals surface area contributed by atoms with Crippen molar-refractivity contribution in [2.45, 2.75) is 0 Å². The highest BCUT2D eigenvalue weighted by atomic mass is 35.5. The molecule has 0 fully saturated rings. The second-order valence-corrected chi connectivity index (χ2v) is 6.19. The van der Waals surface area contributed by atoms with Crippen molar-refractivity contribution >= 4 is 29.1 Å². The van der Waals surface area contributed by atoms with Crippen LogP contribution in [0, 0.1) is 5.82 Å².